The van der Waals surface area contributed by atoms with Gasteiger partial charge in [-0.1, -0.05) is 36.4 Å². The molecule has 0 aliphatic carbocycles. The van der Waals surface area contributed by atoms with Crippen molar-refractivity contribution in [2.75, 3.05) is 49.8 Å². The Morgan fingerprint density at radius 3 is 2.26 bits per heavy atom. The molecule has 3 aromatic carbocycles. The molecule has 0 unspecified atom stereocenters. The molecule has 0 atom stereocenters. The van der Waals surface area contributed by atoms with Crippen molar-refractivity contribution in [1.82, 2.24) is 4.90 Å². The number of nitrogens with zero attached hydrogens (tertiary/aromatic N) is 2. The van der Waals surface area contributed by atoms with Crippen LogP contribution in [0.2, 0.25) is 0 Å². The van der Waals surface area contributed by atoms with Gasteiger partial charge in [0.05, 0.1) is 29.6 Å². The van der Waals surface area contributed by atoms with Crippen LogP contribution in [0, 0.1) is 0 Å². The van der Waals surface area contributed by atoms with Crippen LogP contribution in [0.15, 0.2) is 72.8 Å². The van der Waals surface area contributed by atoms with Gasteiger partial charge >= 0.3 is 5.97 Å². The Kier molecular flexibility index (Phi) is 8.23. The van der Waals surface area contributed by atoms with Crippen LogP contribution in [-0.2, 0) is 14.3 Å². The summed E-state index contributed by atoms with van der Waals surface area (Å²) >= 11 is 0. The Morgan fingerprint density at radius 2 is 1.63 bits per heavy atom. The summed E-state index contributed by atoms with van der Waals surface area (Å²) in [4.78, 5) is 41.3. The van der Waals surface area contributed by atoms with Crippen molar-refractivity contribution in [2.24, 2.45) is 0 Å². The number of ether oxygens (including phenoxy) is 1. The van der Waals surface area contributed by atoms with Crippen LogP contribution >= 0.6 is 0 Å². The van der Waals surface area contributed by atoms with Crippen molar-refractivity contribution in [3.05, 3.63) is 89.5 Å². The predicted molar refractivity (Wildman–Crippen MR) is 151 cm³/mol. The molecule has 1 heterocycles. The van der Waals surface area contributed by atoms with Gasteiger partial charge in [-0.25, -0.2) is 4.79 Å². The molecule has 0 saturated carbocycles. The quantitative estimate of drug-likeness (QED) is 0.319. The average Bonchev–Trinajstić information content (AvgIpc) is 3.24. The molecular formula is C30H32N4O4. The number of benzene rings is 3. The number of fused-ring (bicyclic) bond motifs is 1. The van der Waals surface area contributed by atoms with Gasteiger partial charge in [0.25, 0.3) is 5.91 Å². The van der Waals surface area contributed by atoms with Crippen LogP contribution in [0.4, 0.5) is 17.1 Å². The van der Waals surface area contributed by atoms with E-state index in [1.54, 1.807) is 30.0 Å². The van der Waals surface area contributed by atoms with Gasteiger partial charge in [0.1, 0.15) is 0 Å². The standard InChI is InChI=1S/C30H32N4O4/c1-20(35)34(18-8-17-33(2)3)24-14-12-23(13-15-24)31-28(21-9-6-5-7-10-21)27-25-16-11-22(30(37)38-4)19-26(25)32-29(27)36/h5-7,9-16,19,31H,8,17-18H2,1-4H3,(H,32,36). The van der Waals surface area contributed by atoms with Crippen LogP contribution in [0.3, 0.4) is 0 Å². The molecule has 1 aliphatic heterocycles. The molecule has 1 aliphatic rings. The van der Waals surface area contributed by atoms with Crippen molar-refractivity contribution in [3.8, 4) is 0 Å². The summed E-state index contributed by atoms with van der Waals surface area (Å²) in [5.41, 5.74) is 5.12. The van der Waals surface area contributed by atoms with Gasteiger partial charge in [0.2, 0.25) is 5.91 Å². The summed E-state index contributed by atoms with van der Waals surface area (Å²) < 4.78 is 4.82. The van der Waals surface area contributed by atoms with E-state index in [4.69, 9.17) is 4.74 Å². The Bertz CT molecular complexity index is 1360. The first kappa shape index (κ1) is 26.6. The molecule has 0 saturated heterocycles. The van der Waals surface area contributed by atoms with Crippen LogP contribution in [0.25, 0.3) is 11.3 Å². The number of hydrogen-bond donors (Lipinski definition) is 2. The minimum atomic E-state index is -0.470. The summed E-state index contributed by atoms with van der Waals surface area (Å²) in [5.74, 6) is -0.752. The van der Waals surface area contributed by atoms with Crippen molar-refractivity contribution in [2.45, 2.75) is 13.3 Å². The number of hydrogen-bond acceptors (Lipinski definition) is 6. The normalized spacial score (nSPS) is 13.6. The lowest BCUT2D eigenvalue weighted by molar-refractivity contribution is -0.116. The SMILES string of the molecule is COC(=O)c1ccc2c(c1)NC(=O)C2=C(Nc1ccc(N(CCCN(C)C)C(C)=O)cc1)c1ccccc1. The molecule has 3 aromatic rings. The summed E-state index contributed by atoms with van der Waals surface area (Å²) in [6.45, 7) is 3.09. The maximum absolute atomic E-state index is 13.2. The smallest absolute Gasteiger partial charge is 0.337 e. The third kappa shape index (κ3) is 5.92. The minimum absolute atomic E-state index is 0.0119. The van der Waals surface area contributed by atoms with E-state index in [0.717, 1.165) is 29.9 Å². The van der Waals surface area contributed by atoms with Crippen molar-refractivity contribution in [3.63, 3.8) is 0 Å². The summed E-state index contributed by atoms with van der Waals surface area (Å²) in [7, 11) is 5.35. The second-order valence-electron chi connectivity index (χ2n) is 9.32. The van der Waals surface area contributed by atoms with Gasteiger partial charge in [-0.15, -0.1) is 0 Å². The number of carbonyl (C=O) groups is 3. The molecule has 0 radical (unpaired) electrons. The number of rotatable bonds is 9. The first-order chi connectivity index (χ1) is 18.3. The molecule has 0 aromatic heterocycles. The highest BCUT2D eigenvalue weighted by atomic mass is 16.5. The van der Waals surface area contributed by atoms with Crippen LogP contribution in [0.1, 0.15) is 34.8 Å². The fourth-order valence-electron chi connectivity index (χ4n) is 4.43. The van der Waals surface area contributed by atoms with E-state index in [-0.39, 0.29) is 11.8 Å². The number of carbonyl (C=O) groups excluding carboxylic acids is 3. The highest BCUT2D eigenvalue weighted by molar-refractivity contribution is 6.37. The molecule has 8 heteroatoms. The molecular weight excluding hydrogens is 480 g/mol. The number of amides is 2. The summed E-state index contributed by atoms with van der Waals surface area (Å²) in [5, 5.41) is 6.30. The third-order valence-electron chi connectivity index (χ3n) is 6.31. The zero-order chi connectivity index (χ0) is 27.2. The van der Waals surface area contributed by atoms with Gasteiger partial charge in [-0.2, -0.15) is 0 Å². The molecule has 8 nitrogen and oxygen atoms in total. The number of anilines is 3. The Balaban J connectivity index is 1.68. The van der Waals surface area contributed by atoms with Gasteiger partial charge in [0, 0.05) is 30.4 Å². The largest absolute Gasteiger partial charge is 0.465 e. The molecule has 38 heavy (non-hydrogen) atoms. The second kappa shape index (κ2) is 11.7. The lowest BCUT2D eigenvalue weighted by Gasteiger charge is -2.23. The number of methoxy groups -OCH3 is 1. The fraction of sp³-hybridized carbons (Fsp3) is 0.233. The van der Waals surface area contributed by atoms with Crippen LogP contribution < -0.4 is 15.5 Å². The van der Waals surface area contributed by atoms with Crippen molar-refractivity contribution in [1.29, 1.82) is 0 Å². The van der Waals surface area contributed by atoms with E-state index in [9.17, 15) is 14.4 Å². The first-order valence-electron chi connectivity index (χ1n) is 12.4. The maximum Gasteiger partial charge on any atom is 0.337 e. The second-order valence-corrected chi connectivity index (χ2v) is 9.32. The molecule has 0 fully saturated rings. The van der Waals surface area contributed by atoms with Gasteiger partial charge in [-0.05, 0) is 69.0 Å². The predicted octanol–water partition coefficient (Wildman–Crippen LogP) is 4.71. The van der Waals surface area contributed by atoms with Gasteiger partial charge in [0.15, 0.2) is 0 Å². The molecule has 2 amide bonds. The van der Waals surface area contributed by atoms with Gasteiger partial charge < -0.3 is 25.2 Å². The van der Waals surface area contributed by atoms with E-state index < -0.39 is 5.97 Å². The molecule has 196 valence electrons. The summed E-state index contributed by atoms with van der Waals surface area (Å²) in [6, 6.07) is 22.2. The van der Waals surface area contributed by atoms with E-state index >= 15 is 0 Å². The fourth-order valence-corrected chi connectivity index (χ4v) is 4.43. The molecule has 0 bridgehead atoms. The van der Waals surface area contributed by atoms with E-state index in [0.29, 0.717) is 34.6 Å². The van der Waals surface area contributed by atoms with Crippen molar-refractivity contribution < 1.29 is 19.1 Å². The Hall–Kier alpha value is -4.43. The monoisotopic (exact) mass is 512 g/mol. The molecule has 0 spiro atoms. The molecule has 2 N–H and O–H groups in total. The maximum atomic E-state index is 13.2. The first-order valence-corrected chi connectivity index (χ1v) is 12.4. The van der Waals surface area contributed by atoms with Crippen LogP contribution in [-0.4, -0.2) is 57.0 Å². The molecule has 4 rings (SSSR count). The highest BCUT2D eigenvalue weighted by Crippen LogP contribution is 2.38. The average molecular weight is 513 g/mol. The van der Waals surface area contributed by atoms with Crippen LogP contribution in [0.5, 0.6) is 0 Å². The van der Waals surface area contributed by atoms with E-state index in [1.807, 2.05) is 68.7 Å². The Labute approximate surface area is 222 Å². The van der Waals surface area contributed by atoms with Gasteiger partial charge in [-0.3, -0.25) is 9.59 Å². The number of esters is 1. The van der Waals surface area contributed by atoms with E-state index in [2.05, 4.69) is 15.5 Å². The lowest BCUT2D eigenvalue weighted by atomic mass is 9.99. The topological polar surface area (TPSA) is 91.0 Å². The summed E-state index contributed by atoms with van der Waals surface area (Å²) in [6.07, 6.45) is 0.864. The minimum Gasteiger partial charge on any atom is -0.465 e. The Morgan fingerprint density at radius 1 is 0.921 bits per heavy atom. The van der Waals surface area contributed by atoms with E-state index in [1.165, 1.54) is 7.11 Å². The highest BCUT2D eigenvalue weighted by Gasteiger charge is 2.29. The number of nitrogens with one attached hydrogen (secondary N) is 2. The zero-order valence-electron chi connectivity index (χ0n) is 22.1. The zero-order valence-corrected chi connectivity index (χ0v) is 22.1. The third-order valence-corrected chi connectivity index (χ3v) is 6.31. The van der Waals surface area contributed by atoms with Crippen molar-refractivity contribution >= 4 is 46.1 Å². The lowest BCUT2D eigenvalue weighted by Crippen LogP contribution is -2.31.